The number of methoxy groups -OCH3 is 2. The topological polar surface area (TPSA) is 42.0 Å². The first-order chi connectivity index (χ1) is 12.6. The molecule has 5 nitrogen and oxygen atoms in total. The highest BCUT2D eigenvalue weighted by Gasteiger charge is 2.23. The summed E-state index contributed by atoms with van der Waals surface area (Å²) in [5, 5.41) is 0. The Kier molecular flexibility index (Phi) is 5.73. The maximum absolute atomic E-state index is 13.1. The minimum Gasteiger partial charge on any atom is -0.496 e. The molecular formula is C20H23FN2O3. The lowest BCUT2D eigenvalue weighted by Gasteiger charge is -2.36. The van der Waals surface area contributed by atoms with Crippen molar-refractivity contribution in [3.63, 3.8) is 0 Å². The van der Waals surface area contributed by atoms with Crippen LogP contribution in [0.2, 0.25) is 0 Å². The molecule has 2 aromatic carbocycles. The number of piperazine rings is 1. The molecule has 1 aliphatic heterocycles. The summed E-state index contributed by atoms with van der Waals surface area (Å²) in [5.41, 5.74) is 2.46. The van der Waals surface area contributed by atoms with Gasteiger partial charge in [0.2, 0.25) is 0 Å². The second-order valence-electron chi connectivity index (χ2n) is 6.22. The molecule has 1 heterocycles. The van der Waals surface area contributed by atoms with Gasteiger partial charge in [-0.1, -0.05) is 0 Å². The van der Waals surface area contributed by atoms with Gasteiger partial charge in [0.25, 0.3) is 5.91 Å². The summed E-state index contributed by atoms with van der Waals surface area (Å²) in [6.07, 6.45) is 0. The molecule has 138 valence electrons. The summed E-state index contributed by atoms with van der Waals surface area (Å²) in [5.74, 6) is 0.474. The van der Waals surface area contributed by atoms with Crippen molar-refractivity contribution in [3.8, 4) is 5.75 Å². The van der Waals surface area contributed by atoms with E-state index in [4.69, 9.17) is 9.47 Å². The Bertz CT molecular complexity index is 756. The molecule has 0 bridgehead atoms. The third-order valence-electron chi connectivity index (χ3n) is 4.59. The number of rotatable bonds is 5. The first kappa shape index (κ1) is 18.2. The maximum atomic E-state index is 13.1. The molecule has 0 atom stereocenters. The molecule has 1 saturated heterocycles. The van der Waals surface area contributed by atoms with Crippen LogP contribution in [0, 0.1) is 5.82 Å². The van der Waals surface area contributed by atoms with Crippen molar-refractivity contribution in [2.45, 2.75) is 6.61 Å². The van der Waals surface area contributed by atoms with Gasteiger partial charge in [-0.3, -0.25) is 4.79 Å². The van der Waals surface area contributed by atoms with E-state index >= 15 is 0 Å². The highest BCUT2D eigenvalue weighted by Crippen LogP contribution is 2.23. The molecular weight excluding hydrogens is 335 g/mol. The van der Waals surface area contributed by atoms with E-state index < -0.39 is 0 Å². The van der Waals surface area contributed by atoms with Crippen molar-refractivity contribution in [2.24, 2.45) is 0 Å². The van der Waals surface area contributed by atoms with Gasteiger partial charge in [-0.25, -0.2) is 4.39 Å². The van der Waals surface area contributed by atoms with Gasteiger partial charge in [-0.05, 0) is 42.5 Å². The fourth-order valence-electron chi connectivity index (χ4n) is 3.18. The molecule has 0 saturated carbocycles. The van der Waals surface area contributed by atoms with Crippen LogP contribution in [-0.4, -0.2) is 51.2 Å². The first-order valence-corrected chi connectivity index (χ1v) is 8.58. The number of hydrogen-bond donors (Lipinski definition) is 0. The predicted octanol–water partition coefficient (Wildman–Crippen LogP) is 2.94. The van der Waals surface area contributed by atoms with E-state index in [9.17, 15) is 9.18 Å². The first-order valence-electron chi connectivity index (χ1n) is 8.58. The predicted molar refractivity (Wildman–Crippen MR) is 98.2 cm³/mol. The van der Waals surface area contributed by atoms with Crippen LogP contribution >= 0.6 is 0 Å². The van der Waals surface area contributed by atoms with Crippen molar-refractivity contribution in [2.75, 3.05) is 45.3 Å². The SMILES string of the molecule is COCc1cc(C(=O)N2CCN(c3ccc(F)cc3)CC2)ccc1OC. The second-order valence-corrected chi connectivity index (χ2v) is 6.22. The minimum atomic E-state index is -0.242. The Balaban J connectivity index is 1.66. The number of halogens is 1. The van der Waals surface area contributed by atoms with Gasteiger partial charge in [0.05, 0.1) is 13.7 Å². The smallest absolute Gasteiger partial charge is 0.253 e. The Labute approximate surface area is 152 Å². The molecule has 26 heavy (non-hydrogen) atoms. The zero-order valence-corrected chi connectivity index (χ0v) is 15.1. The fraction of sp³-hybridized carbons (Fsp3) is 0.350. The van der Waals surface area contributed by atoms with Crippen molar-refractivity contribution < 1.29 is 18.7 Å². The van der Waals surface area contributed by atoms with E-state index in [-0.39, 0.29) is 11.7 Å². The summed E-state index contributed by atoms with van der Waals surface area (Å²) in [6, 6.07) is 11.9. The van der Waals surface area contributed by atoms with Crippen molar-refractivity contribution in [1.29, 1.82) is 0 Å². The summed E-state index contributed by atoms with van der Waals surface area (Å²) in [6.45, 7) is 3.09. The monoisotopic (exact) mass is 358 g/mol. The summed E-state index contributed by atoms with van der Waals surface area (Å²) in [4.78, 5) is 16.8. The Morgan fingerprint density at radius 1 is 1.04 bits per heavy atom. The van der Waals surface area contributed by atoms with Crippen LogP contribution in [0.1, 0.15) is 15.9 Å². The molecule has 0 aliphatic carbocycles. The van der Waals surface area contributed by atoms with E-state index in [2.05, 4.69) is 4.90 Å². The number of nitrogens with zero attached hydrogens (tertiary/aromatic N) is 2. The Hall–Kier alpha value is -2.60. The third-order valence-corrected chi connectivity index (χ3v) is 4.59. The van der Waals surface area contributed by atoms with Crippen molar-refractivity contribution >= 4 is 11.6 Å². The maximum Gasteiger partial charge on any atom is 0.253 e. The average molecular weight is 358 g/mol. The molecule has 2 aromatic rings. The minimum absolute atomic E-state index is 0.00348. The Morgan fingerprint density at radius 2 is 1.73 bits per heavy atom. The van der Waals surface area contributed by atoms with Crippen LogP contribution in [0.5, 0.6) is 5.75 Å². The lowest BCUT2D eigenvalue weighted by molar-refractivity contribution is 0.0746. The number of anilines is 1. The number of benzene rings is 2. The molecule has 1 amide bonds. The fourth-order valence-corrected chi connectivity index (χ4v) is 3.18. The average Bonchev–Trinajstić information content (AvgIpc) is 2.68. The van der Waals surface area contributed by atoms with Crippen LogP contribution in [-0.2, 0) is 11.3 Å². The van der Waals surface area contributed by atoms with Gasteiger partial charge in [0.15, 0.2) is 0 Å². The number of hydrogen-bond acceptors (Lipinski definition) is 4. The number of amides is 1. The lowest BCUT2D eigenvalue weighted by atomic mass is 10.1. The molecule has 1 fully saturated rings. The largest absolute Gasteiger partial charge is 0.496 e. The molecule has 0 unspecified atom stereocenters. The standard InChI is InChI=1S/C20H23FN2O3/c1-25-14-16-13-15(3-8-19(16)26-2)20(24)23-11-9-22(10-12-23)18-6-4-17(21)5-7-18/h3-8,13H,9-12,14H2,1-2H3. The third kappa shape index (κ3) is 3.96. The van der Waals surface area contributed by atoms with E-state index in [0.29, 0.717) is 31.0 Å². The van der Waals surface area contributed by atoms with Gasteiger partial charge in [0, 0.05) is 50.1 Å². The number of ether oxygens (including phenoxy) is 2. The second kappa shape index (κ2) is 8.19. The summed E-state index contributed by atoms with van der Waals surface area (Å²) >= 11 is 0. The van der Waals surface area contributed by atoms with Crippen LogP contribution in [0.25, 0.3) is 0 Å². The number of carbonyl (C=O) groups is 1. The van der Waals surface area contributed by atoms with Gasteiger partial charge in [0.1, 0.15) is 11.6 Å². The van der Waals surface area contributed by atoms with Crippen LogP contribution < -0.4 is 9.64 Å². The Morgan fingerprint density at radius 3 is 2.35 bits per heavy atom. The van der Waals surface area contributed by atoms with Gasteiger partial charge < -0.3 is 19.3 Å². The molecule has 1 aliphatic rings. The van der Waals surface area contributed by atoms with Crippen molar-refractivity contribution in [3.05, 3.63) is 59.4 Å². The number of carbonyl (C=O) groups excluding carboxylic acids is 1. The van der Waals surface area contributed by atoms with Crippen LogP contribution in [0.3, 0.4) is 0 Å². The summed E-state index contributed by atoms with van der Waals surface area (Å²) < 4.78 is 23.6. The van der Waals surface area contributed by atoms with E-state index in [1.807, 2.05) is 11.0 Å². The zero-order valence-electron chi connectivity index (χ0n) is 15.1. The molecule has 0 aromatic heterocycles. The quantitative estimate of drug-likeness (QED) is 0.824. The highest BCUT2D eigenvalue weighted by molar-refractivity contribution is 5.94. The zero-order chi connectivity index (χ0) is 18.5. The van der Waals surface area contributed by atoms with Gasteiger partial charge in [-0.15, -0.1) is 0 Å². The molecule has 0 N–H and O–H groups in total. The molecule has 6 heteroatoms. The molecule has 0 radical (unpaired) electrons. The molecule has 3 rings (SSSR count). The van der Waals surface area contributed by atoms with Crippen LogP contribution in [0.15, 0.2) is 42.5 Å². The molecule has 0 spiro atoms. The van der Waals surface area contributed by atoms with E-state index in [1.165, 1.54) is 12.1 Å². The van der Waals surface area contributed by atoms with E-state index in [1.54, 1.807) is 38.5 Å². The van der Waals surface area contributed by atoms with Crippen LogP contribution in [0.4, 0.5) is 10.1 Å². The summed E-state index contributed by atoms with van der Waals surface area (Å²) in [7, 11) is 3.22. The lowest BCUT2D eigenvalue weighted by Crippen LogP contribution is -2.48. The van der Waals surface area contributed by atoms with Crippen molar-refractivity contribution in [1.82, 2.24) is 4.90 Å². The van der Waals surface area contributed by atoms with E-state index in [0.717, 1.165) is 24.3 Å². The highest BCUT2D eigenvalue weighted by atomic mass is 19.1. The normalized spacial score (nSPS) is 14.4. The van der Waals surface area contributed by atoms with Gasteiger partial charge in [-0.2, -0.15) is 0 Å². The van der Waals surface area contributed by atoms with Gasteiger partial charge >= 0.3 is 0 Å².